The molecule has 0 amide bonds. The Labute approximate surface area is 170 Å². The van der Waals surface area contributed by atoms with Gasteiger partial charge in [0.15, 0.2) is 0 Å². The van der Waals surface area contributed by atoms with Crippen LogP contribution in [0.2, 0.25) is 0 Å². The maximum Gasteiger partial charge on any atom is 0.359 e. The molecule has 0 saturated carbocycles. The van der Waals surface area contributed by atoms with Gasteiger partial charge in [-0.15, -0.1) is 0 Å². The largest absolute Gasteiger partial charge is 0.359 e. The van der Waals surface area contributed by atoms with Crippen molar-refractivity contribution >= 4 is 18.1 Å². The molecule has 0 bridgehead atoms. The van der Waals surface area contributed by atoms with Gasteiger partial charge in [0.1, 0.15) is 0 Å². The highest BCUT2D eigenvalue weighted by Crippen LogP contribution is 2.51. The second-order valence-corrected chi connectivity index (χ2v) is 7.85. The van der Waals surface area contributed by atoms with Crippen molar-refractivity contribution in [2.75, 3.05) is 0 Å². The number of carbonyl (C=O) groups excluding carboxylic acids is 1. The van der Waals surface area contributed by atoms with Crippen LogP contribution in [0.25, 0.3) is 12.2 Å². The van der Waals surface area contributed by atoms with E-state index >= 15 is 0 Å². The van der Waals surface area contributed by atoms with E-state index in [0.29, 0.717) is 0 Å². The number of benzene rings is 3. The Kier molecular flexibility index (Phi) is 4.40. The van der Waals surface area contributed by atoms with Crippen LogP contribution < -0.4 is 0 Å². The Morgan fingerprint density at radius 3 is 2.07 bits per heavy atom. The Hall–Kier alpha value is -3.39. The summed E-state index contributed by atoms with van der Waals surface area (Å²) in [4.78, 5) is 11.5. The van der Waals surface area contributed by atoms with Crippen molar-refractivity contribution in [3.63, 3.8) is 0 Å². The van der Waals surface area contributed by atoms with Crippen molar-refractivity contribution < 1.29 is 9.90 Å². The fraction of sp³-hybridized carbons (Fsp3) is 0.148. The standard InChI is InChI=1S/C27H21O2/c28-26(29)17-21-15-19-10-5-7-13-23(19)27(21)25-16-20-11-4-6-12-22(20)24(25)14-18-8-2-1-3-9-18/h1-13,15-16,24,27H,14,17H2. The molecule has 141 valence electrons. The van der Waals surface area contributed by atoms with Crippen LogP contribution in [0.5, 0.6) is 0 Å². The predicted molar refractivity (Wildman–Crippen MR) is 115 cm³/mol. The minimum Gasteiger partial charge on any atom is -0.247 e. The monoisotopic (exact) mass is 377 g/mol. The van der Waals surface area contributed by atoms with E-state index in [-0.39, 0.29) is 18.3 Å². The van der Waals surface area contributed by atoms with Gasteiger partial charge in [-0.25, -0.2) is 9.90 Å². The summed E-state index contributed by atoms with van der Waals surface area (Å²) in [6.07, 6.45) is 5.18. The van der Waals surface area contributed by atoms with Crippen molar-refractivity contribution in [3.05, 3.63) is 118 Å². The first-order valence-corrected chi connectivity index (χ1v) is 10.0. The van der Waals surface area contributed by atoms with Gasteiger partial charge < -0.3 is 0 Å². The molecule has 0 N–H and O–H groups in total. The molecule has 2 aliphatic carbocycles. The van der Waals surface area contributed by atoms with Gasteiger partial charge >= 0.3 is 5.97 Å². The quantitative estimate of drug-likeness (QED) is 0.542. The summed E-state index contributed by atoms with van der Waals surface area (Å²) < 4.78 is 0. The second-order valence-electron chi connectivity index (χ2n) is 7.85. The topological polar surface area (TPSA) is 37.0 Å². The van der Waals surface area contributed by atoms with Gasteiger partial charge in [-0.3, -0.25) is 0 Å². The van der Waals surface area contributed by atoms with Crippen LogP contribution in [0.4, 0.5) is 0 Å². The molecule has 2 heteroatoms. The summed E-state index contributed by atoms with van der Waals surface area (Å²) in [5.41, 5.74) is 8.36. The van der Waals surface area contributed by atoms with Gasteiger partial charge in [0, 0.05) is 11.8 Å². The number of fused-ring (bicyclic) bond motifs is 2. The lowest BCUT2D eigenvalue weighted by Crippen LogP contribution is -2.12. The van der Waals surface area contributed by atoms with Crippen molar-refractivity contribution in [3.8, 4) is 0 Å². The molecule has 2 atom stereocenters. The number of allylic oxidation sites excluding steroid dienone is 1. The first kappa shape index (κ1) is 17.7. The Balaban J connectivity index is 1.61. The first-order chi connectivity index (χ1) is 14.2. The SMILES string of the molecule is [O]C(=O)CC1=Cc2ccccc2C1C1=Cc2ccccc2C1Cc1ccccc1. The molecule has 0 aliphatic heterocycles. The van der Waals surface area contributed by atoms with Crippen LogP contribution in [0.3, 0.4) is 0 Å². The van der Waals surface area contributed by atoms with Crippen LogP contribution in [0.15, 0.2) is 90.0 Å². The normalized spacial score (nSPS) is 19.3. The molecule has 2 unspecified atom stereocenters. The van der Waals surface area contributed by atoms with Crippen LogP contribution in [0.1, 0.15) is 46.1 Å². The summed E-state index contributed by atoms with van der Waals surface area (Å²) in [5, 5.41) is 11.5. The minimum atomic E-state index is -1.02. The van der Waals surface area contributed by atoms with E-state index in [1.165, 1.54) is 27.8 Å². The fourth-order valence-corrected chi connectivity index (χ4v) is 4.88. The predicted octanol–water partition coefficient (Wildman–Crippen LogP) is 5.94. The zero-order valence-electron chi connectivity index (χ0n) is 16.0. The molecule has 0 spiro atoms. The van der Waals surface area contributed by atoms with Gasteiger partial charge in [0.05, 0.1) is 6.42 Å². The van der Waals surface area contributed by atoms with E-state index in [4.69, 9.17) is 0 Å². The van der Waals surface area contributed by atoms with Gasteiger partial charge in [-0.05, 0) is 39.8 Å². The van der Waals surface area contributed by atoms with Crippen molar-refractivity contribution in [1.29, 1.82) is 0 Å². The van der Waals surface area contributed by atoms with Crippen molar-refractivity contribution in [1.82, 2.24) is 0 Å². The summed E-state index contributed by atoms with van der Waals surface area (Å²) >= 11 is 0. The summed E-state index contributed by atoms with van der Waals surface area (Å²) in [6.45, 7) is 0. The maximum absolute atomic E-state index is 11.5. The summed E-state index contributed by atoms with van der Waals surface area (Å²) in [5.74, 6) is -0.801. The molecule has 5 rings (SSSR count). The lowest BCUT2D eigenvalue weighted by atomic mass is 9.78. The lowest BCUT2D eigenvalue weighted by Gasteiger charge is -2.25. The van der Waals surface area contributed by atoms with Crippen LogP contribution in [-0.2, 0) is 16.3 Å². The van der Waals surface area contributed by atoms with Crippen LogP contribution in [0, 0.1) is 0 Å². The van der Waals surface area contributed by atoms with Gasteiger partial charge in [0.2, 0.25) is 0 Å². The summed E-state index contributed by atoms with van der Waals surface area (Å²) in [6, 6.07) is 27.3. The zero-order chi connectivity index (χ0) is 19.8. The highest BCUT2D eigenvalue weighted by molar-refractivity contribution is 5.81. The molecular weight excluding hydrogens is 356 g/mol. The van der Waals surface area contributed by atoms with E-state index < -0.39 is 5.97 Å². The van der Waals surface area contributed by atoms with Gasteiger partial charge in [-0.2, -0.15) is 0 Å². The minimum absolute atomic E-state index is 0.00906. The van der Waals surface area contributed by atoms with E-state index in [1.54, 1.807) is 0 Å². The Morgan fingerprint density at radius 1 is 0.724 bits per heavy atom. The highest BCUT2D eigenvalue weighted by Gasteiger charge is 2.36. The molecule has 1 radical (unpaired) electrons. The fourth-order valence-electron chi connectivity index (χ4n) is 4.88. The molecule has 0 heterocycles. The summed E-state index contributed by atoms with van der Waals surface area (Å²) in [7, 11) is 0. The molecule has 2 nitrogen and oxygen atoms in total. The molecule has 3 aromatic carbocycles. The third kappa shape index (κ3) is 3.21. The van der Waals surface area contributed by atoms with Crippen LogP contribution in [-0.4, -0.2) is 5.97 Å². The lowest BCUT2D eigenvalue weighted by molar-refractivity contribution is -0.142. The van der Waals surface area contributed by atoms with Crippen molar-refractivity contribution in [2.45, 2.75) is 24.7 Å². The maximum atomic E-state index is 11.5. The van der Waals surface area contributed by atoms with Gasteiger partial charge in [0.25, 0.3) is 0 Å². The third-order valence-electron chi connectivity index (χ3n) is 6.08. The number of hydrogen-bond acceptors (Lipinski definition) is 1. The highest BCUT2D eigenvalue weighted by atomic mass is 16.4. The van der Waals surface area contributed by atoms with Crippen molar-refractivity contribution in [2.24, 2.45) is 0 Å². The van der Waals surface area contributed by atoms with E-state index in [9.17, 15) is 9.90 Å². The molecule has 3 aromatic rings. The Morgan fingerprint density at radius 2 is 1.34 bits per heavy atom. The molecule has 0 saturated heterocycles. The van der Waals surface area contributed by atoms with E-state index in [0.717, 1.165) is 17.6 Å². The third-order valence-corrected chi connectivity index (χ3v) is 6.08. The number of hydrogen-bond donors (Lipinski definition) is 0. The first-order valence-electron chi connectivity index (χ1n) is 10.0. The number of rotatable bonds is 5. The Bertz CT molecular complexity index is 1140. The average Bonchev–Trinajstić information content (AvgIpc) is 3.26. The molecule has 29 heavy (non-hydrogen) atoms. The second kappa shape index (κ2) is 7.21. The smallest absolute Gasteiger partial charge is 0.247 e. The molecular formula is C27H21O2. The van der Waals surface area contributed by atoms with E-state index in [2.05, 4.69) is 66.7 Å². The number of carbonyl (C=O) groups is 1. The van der Waals surface area contributed by atoms with Gasteiger partial charge in [-0.1, -0.05) is 96.6 Å². The molecule has 0 fully saturated rings. The molecule has 0 aromatic heterocycles. The zero-order valence-corrected chi connectivity index (χ0v) is 16.0. The average molecular weight is 377 g/mol. The molecule has 2 aliphatic rings. The van der Waals surface area contributed by atoms with Crippen LogP contribution >= 0.6 is 0 Å². The van der Waals surface area contributed by atoms with E-state index in [1.807, 2.05) is 24.3 Å².